The van der Waals surface area contributed by atoms with Crippen molar-refractivity contribution >= 4 is 76.1 Å². The summed E-state index contributed by atoms with van der Waals surface area (Å²) in [6, 6.07) is 12.3. The Hall–Kier alpha value is -3.99. The zero-order chi connectivity index (χ0) is 42.4. The van der Waals surface area contributed by atoms with Crippen LogP contribution in [0.15, 0.2) is 82.6 Å². The number of carbonyl (C=O) groups is 2. The van der Waals surface area contributed by atoms with E-state index in [0.29, 0.717) is 17.4 Å². The van der Waals surface area contributed by atoms with Crippen molar-refractivity contribution in [1.82, 2.24) is 9.62 Å². The number of carbonyl (C=O) groups excluding carboxylic acids is 2. The minimum absolute atomic E-state index is 0.138. The van der Waals surface area contributed by atoms with Crippen molar-refractivity contribution in [3.8, 4) is 0 Å². The molecule has 0 aromatic heterocycles. The van der Waals surface area contributed by atoms with Crippen LogP contribution >= 0.6 is 33.9 Å². The van der Waals surface area contributed by atoms with Crippen LogP contribution in [-0.4, -0.2) is 93.9 Å². The molecule has 12 nitrogen and oxygen atoms in total. The third-order valence-corrected chi connectivity index (χ3v) is 11.7. The Morgan fingerprint density at radius 3 is 1.47 bits per heavy atom. The normalized spacial score (nSPS) is 19.5. The lowest BCUT2D eigenvalue weighted by molar-refractivity contribution is 0.101. The highest BCUT2D eigenvalue weighted by atomic mass is 35.7. The standard InChI is InChI=1S/C17H14ClF3N2O4S.C13H7Cl2F2NO3S.C4H8FNO/c18-11-6-10(2-4-12(11)19)22-17(25)9-1-3-13(20)16(5-9)28(26,27)23-7-14(21)15(24)8-23;14-9-6-8(2-4-10(9)16)18-13(19)7-1-3-11(17)12(5-7)22(15,20)21;5-3-1-6-2-4(3)7/h1-6,14-15,24H,7-8H2,(H,22,25);1-6H,(H,18,19);3-4,6-7H,1-2H2. The number of benzene rings is 4. The molecule has 0 radical (unpaired) electrons. The number of rotatable bonds is 7. The second kappa shape index (κ2) is 19.2. The lowest BCUT2D eigenvalue weighted by Gasteiger charge is -2.16. The van der Waals surface area contributed by atoms with Gasteiger partial charge in [0.15, 0.2) is 0 Å². The van der Waals surface area contributed by atoms with Crippen LogP contribution in [0.25, 0.3) is 0 Å². The van der Waals surface area contributed by atoms with Gasteiger partial charge in [-0.3, -0.25) is 9.59 Å². The minimum Gasteiger partial charge on any atom is -0.389 e. The third kappa shape index (κ3) is 12.0. The van der Waals surface area contributed by atoms with Crippen LogP contribution in [0.1, 0.15) is 20.7 Å². The zero-order valence-electron chi connectivity index (χ0n) is 28.6. The number of anilines is 2. The van der Waals surface area contributed by atoms with Crippen molar-refractivity contribution in [1.29, 1.82) is 0 Å². The predicted molar refractivity (Wildman–Crippen MR) is 198 cm³/mol. The molecule has 23 heteroatoms. The van der Waals surface area contributed by atoms with Crippen LogP contribution in [-0.2, 0) is 19.1 Å². The fourth-order valence-electron chi connectivity index (χ4n) is 4.91. The number of aliphatic hydroxyl groups is 2. The van der Waals surface area contributed by atoms with E-state index in [4.69, 9.17) is 39.0 Å². The molecule has 4 unspecified atom stereocenters. The number of sulfonamides is 1. The average Bonchev–Trinajstić information content (AvgIpc) is 3.70. The smallest absolute Gasteiger partial charge is 0.264 e. The molecule has 2 aliphatic heterocycles. The second-order valence-electron chi connectivity index (χ2n) is 12.0. The third-order valence-electron chi connectivity index (χ3n) is 7.92. The van der Waals surface area contributed by atoms with Crippen molar-refractivity contribution in [2.24, 2.45) is 0 Å². The highest BCUT2D eigenvalue weighted by Gasteiger charge is 2.40. The number of nitrogens with one attached hydrogen (secondary N) is 3. The van der Waals surface area contributed by atoms with Gasteiger partial charge in [-0.15, -0.1) is 0 Å². The van der Waals surface area contributed by atoms with Crippen molar-refractivity contribution in [2.45, 2.75) is 34.3 Å². The first-order valence-corrected chi connectivity index (χ1v) is 20.5. The lowest BCUT2D eigenvalue weighted by atomic mass is 10.2. The van der Waals surface area contributed by atoms with Crippen LogP contribution in [0.5, 0.6) is 0 Å². The van der Waals surface area contributed by atoms with E-state index in [-0.39, 0.29) is 32.5 Å². The van der Waals surface area contributed by atoms with Gasteiger partial charge in [0.1, 0.15) is 51.5 Å². The number of aliphatic hydroxyl groups excluding tert-OH is 2. The molecule has 2 saturated heterocycles. The molecule has 5 N–H and O–H groups in total. The van der Waals surface area contributed by atoms with Crippen molar-refractivity contribution < 1.29 is 63.0 Å². The maximum Gasteiger partial charge on any atom is 0.264 e. The first-order chi connectivity index (χ1) is 26.6. The first kappa shape index (κ1) is 45.7. The van der Waals surface area contributed by atoms with Crippen molar-refractivity contribution in [2.75, 3.05) is 36.8 Å². The molecular weight excluding hydrogens is 877 g/mol. The van der Waals surface area contributed by atoms with Gasteiger partial charge in [-0.25, -0.2) is 43.2 Å². The minimum atomic E-state index is -4.47. The highest BCUT2D eigenvalue weighted by molar-refractivity contribution is 8.13. The summed E-state index contributed by atoms with van der Waals surface area (Å²) in [7, 11) is -3.72. The van der Waals surface area contributed by atoms with Gasteiger partial charge < -0.3 is 26.2 Å². The van der Waals surface area contributed by atoms with Crippen LogP contribution in [0.4, 0.5) is 37.7 Å². The van der Waals surface area contributed by atoms with E-state index in [1.807, 2.05) is 0 Å². The van der Waals surface area contributed by atoms with Gasteiger partial charge in [0.25, 0.3) is 20.9 Å². The summed E-state index contributed by atoms with van der Waals surface area (Å²) in [5, 5.41) is 25.0. The van der Waals surface area contributed by atoms with E-state index >= 15 is 0 Å². The summed E-state index contributed by atoms with van der Waals surface area (Å²) < 4.78 is 127. The lowest BCUT2D eigenvalue weighted by Crippen LogP contribution is -2.30. The van der Waals surface area contributed by atoms with Crippen LogP contribution in [0.3, 0.4) is 0 Å². The molecule has 308 valence electrons. The molecule has 6 rings (SSSR count). The van der Waals surface area contributed by atoms with E-state index in [1.54, 1.807) is 0 Å². The van der Waals surface area contributed by atoms with Crippen molar-refractivity contribution in [3.63, 3.8) is 0 Å². The Bertz CT molecular complexity index is 2350. The van der Waals surface area contributed by atoms with Gasteiger partial charge in [0, 0.05) is 59.4 Å². The molecule has 0 spiro atoms. The predicted octanol–water partition coefficient (Wildman–Crippen LogP) is 5.66. The van der Waals surface area contributed by atoms with Gasteiger partial charge in [-0.1, -0.05) is 23.2 Å². The summed E-state index contributed by atoms with van der Waals surface area (Å²) >= 11 is 11.2. The summed E-state index contributed by atoms with van der Waals surface area (Å²) in [4.78, 5) is 22.7. The van der Waals surface area contributed by atoms with Crippen LogP contribution in [0.2, 0.25) is 10.0 Å². The molecule has 4 aromatic rings. The zero-order valence-corrected chi connectivity index (χ0v) is 32.5. The molecule has 2 fully saturated rings. The monoisotopic (exact) mass is 904 g/mol. The van der Waals surface area contributed by atoms with E-state index < -0.39 is 102 Å². The van der Waals surface area contributed by atoms with Gasteiger partial charge in [-0.05, 0) is 72.8 Å². The number of nitrogens with zero attached hydrogens (tertiary/aromatic N) is 1. The molecule has 0 saturated carbocycles. The summed E-state index contributed by atoms with van der Waals surface area (Å²) in [6.07, 6.45) is -5.10. The number of hydrogen-bond acceptors (Lipinski definition) is 9. The number of alkyl halides is 2. The van der Waals surface area contributed by atoms with Crippen LogP contribution < -0.4 is 16.0 Å². The number of amides is 2. The van der Waals surface area contributed by atoms with E-state index in [0.717, 1.165) is 54.6 Å². The Balaban J connectivity index is 0.000000220. The highest BCUT2D eigenvalue weighted by Crippen LogP contribution is 2.27. The van der Waals surface area contributed by atoms with Gasteiger partial charge in [-0.2, -0.15) is 4.31 Å². The molecule has 2 heterocycles. The van der Waals surface area contributed by atoms with Gasteiger partial charge in [0.2, 0.25) is 10.0 Å². The summed E-state index contributed by atoms with van der Waals surface area (Å²) in [6.45, 7) is -0.427. The molecule has 2 amide bonds. The fourth-order valence-corrected chi connectivity index (χ4v) is 7.75. The van der Waals surface area contributed by atoms with E-state index in [9.17, 15) is 57.9 Å². The number of halogens is 9. The average molecular weight is 906 g/mol. The molecular formula is C34H29Cl3F6N4O8S2. The number of hydrogen-bond donors (Lipinski definition) is 5. The quantitative estimate of drug-likeness (QED) is 0.116. The Morgan fingerprint density at radius 2 is 1.11 bits per heavy atom. The van der Waals surface area contributed by atoms with Crippen LogP contribution in [0, 0.1) is 23.3 Å². The summed E-state index contributed by atoms with van der Waals surface area (Å²) in [5.74, 6) is -5.06. The maximum absolute atomic E-state index is 14.1. The Labute approximate surface area is 335 Å². The number of β-amino-alcohol motifs (C(OH)–C–C–N with tert-alkyl or cyclic N) is 2. The summed E-state index contributed by atoms with van der Waals surface area (Å²) in [5.41, 5.74) is 0.00196. The molecule has 0 aliphatic carbocycles. The Morgan fingerprint density at radius 1 is 0.649 bits per heavy atom. The maximum atomic E-state index is 14.1. The first-order valence-electron chi connectivity index (χ1n) is 16.0. The van der Waals surface area contributed by atoms with E-state index in [2.05, 4.69) is 16.0 Å². The Kier molecular flexibility index (Phi) is 15.4. The molecule has 2 aliphatic rings. The molecule has 0 bridgehead atoms. The second-order valence-corrected chi connectivity index (χ2v) is 17.3. The van der Waals surface area contributed by atoms with Crippen molar-refractivity contribution in [3.05, 3.63) is 117 Å². The van der Waals surface area contributed by atoms with E-state index in [1.165, 1.54) is 18.2 Å². The fraction of sp³-hybridized carbons (Fsp3) is 0.235. The SMILES string of the molecule is O=C(Nc1ccc(F)c(Cl)c1)c1ccc(F)c(S(=O)(=O)Cl)c1.O=C(Nc1ccc(F)c(Cl)c1)c1ccc(F)c(S(=O)(=O)N2CC(O)C(F)C2)c1.OC1CNCC1F. The molecule has 57 heavy (non-hydrogen) atoms. The van der Waals surface area contributed by atoms with Gasteiger partial charge in [0.05, 0.1) is 16.1 Å². The largest absolute Gasteiger partial charge is 0.389 e. The van der Waals surface area contributed by atoms with Gasteiger partial charge >= 0.3 is 0 Å². The molecule has 4 atom stereocenters. The topological polar surface area (TPSA) is 182 Å². The molecule has 4 aromatic carbocycles.